The quantitative estimate of drug-likeness (QED) is 0.387. The molecule has 0 spiro atoms. The maximum absolute atomic E-state index is 11.3. The normalized spacial score (nSPS) is 12.8. The van der Waals surface area contributed by atoms with E-state index in [1.165, 1.54) is 11.1 Å². The average Bonchev–Trinajstić information content (AvgIpc) is 2.70. The zero-order valence-corrected chi connectivity index (χ0v) is 18.8. The van der Waals surface area contributed by atoms with Crippen LogP contribution in [0.4, 0.5) is 0 Å². The summed E-state index contributed by atoms with van der Waals surface area (Å²) in [6.45, 7) is 4.32. The Hall–Kier alpha value is -0.900. The monoisotopic (exact) mass is 478 g/mol. The van der Waals surface area contributed by atoms with Crippen molar-refractivity contribution in [3.05, 3.63) is 64.6 Å². The molecule has 0 fully saturated rings. The summed E-state index contributed by atoms with van der Waals surface area (Å²) < 4.78 is 1.80. The van der Waals surface area contributed by atoms with E-state index >= 15 is 0 Å². The Kier molecular flexibility index (Phi) is 8.59. The van der Waals surface area contributed by atoms with Crippen molar-refractivity contribution < 1.29 is 5.11 Å². The Bertz CT molecular complexity index is 697. The molecule has 0 radical (unpaired) electrons. The van der Waals surface area contributed by atoms with Gasteiger partial charge in [-0.3, -0.25) is 0 Å². The lowest BCUT2D eigenvalue weighted by atomic mass is 9.89. The van der Waals surface area contributed by atoms with Crippen LogP contribution < -0.4 is 0 Å². The first-order valence-corrected chi connectivity index (χ1v) is 11.0. The molecule has 140 valence electrons. The van der Waals surface area contributed by atoms with Crippen LogP contribution in [0.25, 0.3) is 15.6 Å². The second-order valence-electron chi connectivity index (χ2n) is 6.81. The molecule has 26 heavy (non-hydrogen) atoms. The molecule has 0 bridgehead atoms. The van der Waals surface area contributed by atoms with Crippen LogP contribution in [-0.2, 0) is 0 Å². The van der Waals surface area contributed by atoms with E-state index in [0.717, 1.165) is 53.1 Å². The van der Waals surface area contributed by atoms with Gasteiger partial charge in [-0.15, -0.1) is 0 Å². The average molecular weight is 480 g/mol. The van der Waals surface area contributed by atoms with Gasteiger partial charge in [0.05, 0.1) is 5.60 Å². The van der Waals surface area contributed by atoms with Crippen LogP contribution in [0.5, 0.6) is 0 Å². The SMILES string of the molecule is CCCCC(O)(CCCC)/C(Br)=C(\Br)c1ccc(-c2ccccc2)cc1. The van der Waals surface area contributed by atoms with Crippen LogP contribution in [0, 0.1) is 0 Å². The summed E-state index contributed by atoms with van der Waals surface area (Å²) in [5.41, 5.74) is 2.67. The second kappa shape index (κ2) is 10.4. The molecule has 0 aliphatic rings. The second-order valence-corrected chi connectivity index (χ2v) is 8.40. The molecule has 1 nitrogen and oxygen atoms in total. The van der Waals surface area contributed by atoms with Gasteiger partial charge in [0.2, 0.25) is 0 Å². The first-order chi connectivity index (χ1) is 12.5. The Morgan fingerprint density at radius 3 is 1.81 bits per heavy atom. The van der Waals surface area contributed by atoms with Crippen LogP contribution in [0.15, 0.2) is 59.1 Å². The van der Waals surface area contributed by atoms with Gasteiger partial charge < -0.3 is 5.11 Å². The molecule has 1 N–H and O–H groups in total. The largest absolute Gasteiger partial charge is 0.385 e. The summed E-state index contributed by atoms with van der Waals surface area (Å²) >= 11 is 7.43. The van der Waals surface area contributed by atoms with Crippen molar-refractivity contribution in [2.45, 2.75) is 58.0 Å². The molecule has 0 aliphatic heterocycles. The van der Waals surface area contributed by atoms with E-state index < -0.39 is 5.60 Å². The van der Waals surface area contributed by atoms with Crippen molar-refractivity contribution in [1.29, 1.82) is 0 Å². The molecule has 0 unspecified atom stereocenters. The van der Waals surface area contributed by atoms with Gasteiger partial charge in [0, 0.05) is 8.96 Å². The predicted molar refractivity (Wildman–Crippen MR) is 121 cm³/mol. The molecule has 0 saturated heterocycles. The predicted octanol–water partition coefficient (Wildman–Crippen LogP) is 7.92. The van der Waals surface area contributed by atoms with Crippen molar-refractivity contribution in [3.8, 4) is 11.1 Å². The highest BCUT2D eigenvalue weighted by atomic mass is 79.9. The lowest BCUT2D eigenvalue weighted by Crippen LogP contribution is -2.29. The van der Waals surface area contributed by atoms with Crippen LogP contribution in [0.1, 0.15) is 57.9 Å². The van der Waals surface area contributed by atoms with E-state index in [2.05, 4.69) is 94.2 Å². The summed E-state index contributed by atoms with van der Waals surface area (Å²) in [5.74, 6) is 0. The van der Waals surface area contributed by atoms with Gasteiger partial charge in [-0.2, -0.15) is 0 Å². The zero-order valence-electron chi connectivity index (χ0n) is 15.6. The van der Waals surface area contributed by atoms with Gasteiger partial charge in [-0.05, 0) is 45.5 Å². The number of benzene rings is 2. The third-order valence-electron chi connectivity index (χ3n) is 4.73. The van der Waals surface area contributed by atoms with Crippen molar-refractivity contribution in [1.82, 2.24) is 0 Å². The smallest absolute Gasteiger partial charge is 0.0972 e. The van der Waals surface area contributed by atoms with Crippen LogP contribution in [-0.4, -0.2) is 10.7 Å². The van der Waals surface area contributed by atoms with Gasteiger partial charge >= 0.3 is 0 Å². The van der Waals surface area contributed by atoms with E-state index in [1.807, 2.05) is 6.07 Å². The fourth-order valence-electron chi connectivity index (χ4n) is 3.05. The van der Waals surface area contributed by atoms with Crippen LogP contribution in [0.2, 0.25) is 0 Å². The summed E-state index contributed by atoms with van der Waals surface area (Å²) in [6.07, 6.45) is 5.75. The number of unbranched alkanes of at least 4 members (excludes halogenated alkanes) is 2. The van der Waals surface area contributed by atoms with E-state index in [-0.39, 0.29) is 0 Å². The number of halogens is 2. The third-order valence-corrected chi connectivity index (χ3v) is 7.26. The molecule has 0 aromatic heterocycles. The van der Waals surface area contributed by atoms with Crippen molar-refractivity contribution in [2.75, 3.05) is 0 Å². The number of hydrogen-bond acceptors (Lipinski definition) is 1. The highest BCUT2D eigenvalue weighted by Crippen LogP contribution is 2.41. The van der Waals surface area contributed by atoms with E-state index in [1.54, 1.807) is 0 Å². The first-order valence-electron chi connectivity index (χ1n) is 9.45. The Morgan fingerprint density at radius 2 is 1.31 bits per heavy atom. The van der Waals surface area contributed by atoms with E-state index in [9.17, 15) is 5.11 Å². The van der Waals surface area contributed by atoms with Crippen molar-refractivity contribution >= 4 is 36.3 Å². The molecule has 0 heterocycles. The Labute approximate surface area is 174 Å². The van der Waals surface area contributed by atoms with Gasteiger partial charge in [-0.25, -0.2) is 0 Å². The summed E-state index contributed by atoms with van der Waals surface area (Å²) in [7, 11) is 0. The standard InChI is InChI=1S/C23H28Br2O/c1-3-5-16-23(26,17-6-4-2)22(25)21(24)20-14-12-19(13-15-20)18-10-8-7-9-11-18/h7-15,26H,3-6,16-17H2,1-2H3/b22-21+. The minimum atomic E-state index is -0.803. The topological polar surface area (TPSA) is 20.2 Å². The van der Waals surface area contributed by atoms with Crippen LogP contribution >= 0.6 is 31.9 Å². The minimum absolute atomic E-state index is 0.779. The molecule has 2 aromatic carbocycles. The first kappa shape index (κ1) is 21.4. The zero-order chi connectivity index (χ0) is 19.0. The van der Waals surface area contributed by atoms with Gasteiger partial charge in [0.1, 0.15) is 0 Å². The molecule has 2 rings (SSSR count). The molecule has 2 aromatic rings. The van der Waals surface area contributed by atoms with E-state index in [0.29, 0.717) is 0 Å². The molecule has 0 amide bonds. The third kappa shape index (κ3) is 5.55. The fourth-order valence-corrected chi connectivity index (χ4v) is 4.31. The van der Waals surface area contributed by atoms with Gasteiger partial charge in [0.15, 0.2) is 0 Å². The Balaban J connectivity index is 2.29. The van der Waals surface area contributed by atoms with Gasteiger partial charge in [-0.1, -0.05) is 110 Å². The van der Waals surface area contributed by atoms with E-state index in [4.69, 9.17) is 0 Å². The molecule has 0 aliphatic carbocycles. The molecule has 3 heteroatoms. The lowest BCUT2D eigenvalue weighted by molar-refractivity contribution is 0.0651. The fraction of sp³-hybridized carbons (Fsp3) is 0.391. The summed E-state index contributed by atoms with van der Waals surface area (Å²) in [5, 5.41) is 11.3. The molecular weight excluding hydrogens is 452 g/mol. The maximum Gasteiger partial charge on any atom is 0.0972 e. The summed E-state index contributed by atoms with van der Waals surface area (Å²) in [6, 6.07) is 18.8. The molecular formula is C23H28Br2O. The number of rotatable bonds is 9. The minimum Gasteiger partial charge on any atom is -0.385 e. The molecule has 0 saturated carbocycles. The van der Waals surface area contributed by atoms with Crippen molar-refractivity contribution in [2.24, 2.45) is 0 Å². The van der Waals surface area contributed by atoms with Crippen molar-refractivity contribution in [3.63, 3.8) is 0 Å². The molecule has 0 atom stereocenters. The highest BCUT2D eigenvalue weighted by Gasteiger charge is 2.31. The van der Waals surface area contributed by atoms with Crippen LogP contribution in [0.3, 0.4) is 0 Å². The highest BCUT2D eigenvalue weighted by molar-refractivity contribution is 9.16. The summed E-state index contributed by atoms with van der Waals surface area (Å²) in [4.78, 5) is 0. The lowest BCUT2D eigenvalue weighted by Gasteiger charge is -2.29. The Morgan fingerprint density at radius 1 is 0.808 bits per heavy atom. The number of aliphatic hydroxyl groups is 1. The number of hydrogen-bond donors (Lipinski definition) is 1. The van der Waals surface area contributed by atoms with Gasteiger partial charge in [0.25, 0.3) is 0 Å². The maximum atomic E-state index is 11.3.